The van der Waals surface area contributed by atoms with Crippen LogP contribution in [0.4, 0.5) is 10.5 Å². The molecule has 0 atom stereocenters. The van der Waals surface area contributed by atoms with Gasteiger partial charge in [-0.3, -0.25) is 0 Å². The Morgan fingerprint density at radius 1 is 1.04 bits per heavy atom. The van der Waals surface area contributed by atoms with E-state index in [-0.39, 0.29) is 6.09 Å². The molecule has 6 heteroatoms. The fourth-order valence-corrected chi connectivity index (χ4v) is 2.71. The number of carbonyl (C=O) groups excluding carboxylic acids is 1. The highest BCUT2D eigenvalue weighted by Crippen LogP contribution is 2.32. The number of nitrogens with zero attached hydrogens (tertiary/aromatic N) is 2. The summed E-state index contributed by atoms with van der Waals surface area (Å²) in [6, 6.07) is 5.81. The number of rotatable bonds is 3. The molecule has 1 fully saturated rings. The van der Waals surface area contributed by atoms with Crippen LogP contribution in [0.3, 0.4) is 0 Å². The smallest absolute Gasteiger partial charge is 0.410 e. The standard InChI is InChI=1S/C18H28N2O4/c1-18(2,3)24-17(21)20-10-6-9-19(11-12-20)15-8-7-14(22-4)13-16(15)23-5/h7-8,13H,6,9-12H2,1-5H3. The van der Waals surface area contributed by atoms with Crippen molar-refractivity contribution >= 4 is 11.8 Å². The maximum absolute atomic E-state index is 12.3. The molecule has 0 N–H and O–H groups in total. The average Bonchev–Trinajstić information content (AvgIpc) is 2.78. The molecule has 1 aliphatic heterocycles. The molecule has 6 nitrogen and oxygen atoms in total. The number of amides is 1. The van der Waals surface area contributed by atoms with E-state index in [1.54, 1.807) is 19.1 Å². The van der Waals surface area contributed by atoms with Gasteiger partial charge in [-0.05, 0) is 39.3 Å². The summed E-state index contributed by atoms with van der Waals surface area (Å²) in [6.07, 6.45) is 0.639. The van der Waals surface area contributed by atoms with Crippen molar-refractivity contribution in [2.45, 2.75) is 32.8 Å². The lowest BCUT2D eigenvalue weighted by Crippen LogP contribution is -2.39. The molecule has 1 amide bonds. The molecule has 24 heavy (non-hydrogen) atoms. The predicted octanol–water partition coefficient (Wildman–Crippen LogP) is 3.15. The monoisotopic (exact) mass is 336 g/mol. The Hall–Kier alpha value is -2.11. The van der Waals surface area contributed by atoms with Gasteiger partial charge in [-0.1, -0.05) is 0 Å². The zero-order valence-electron chi connectivity index (χ0n) is 15.3. The average molecular weight is 336 g/mol. The van der Waals surface area contributed by atoms with Crippen molar-refractivity contribution in [3.63, 3.8) is 0 Å². The van der Waals surface area contributed by atoms with E-state index in [0.717, 1.165) is 36.7 Å². The molecule has 1 aromatic rings. The molecule has 134 valence electrons. The van der Waals surface area contributed by atoms with Gasteiger partial charge >= 0.3 is 6.09 Å². The zero-order valence-corrected chi connectivity index (χ0v) is 15.3. The number of carbonyl (C=O) groups is 1. The molecular weight excluding hydrogens is 308 g/mol. The van der Waals surface area contributed by atoms with Gasteiger partial charge in [0.2, 0.25) is 0 Å². The molecule has 0 bridgehead atoms. The highest BCUT2D eigenvalue weighted by molar-refractivity contribution is 5.68. The highest BCUT2D eigenvalue weighted by Gasteiger charge is 2.25. The molecule has 0 saturated carbocycles. The highest BCUT2D eigenvalue weighted by atomic mass is 16.6. The van der Waals surface area contributed by atoms with Gasteiger partial charge in [0.15, 0.2) is 0 Å². The summed E-state index contributed by atoms with van der Waals surface area (Å²) in [5, 5.41) is 0. The molecule has 0 aromatic heterocycles. The number of ether oxygens (including phenoxy) is 3. The summed E-state index contributed by atoms with van der Waals surface area (Å²) in [5.41, 5.74) is 0.548. The normalized spacial score (nSPS) is 15.7. The quantitative estimate of drug-likeness (QED) is 0.849. The minimum absolute atomic E-state index is 0.244. The lowest BCUT2D eigenvalue weighted by Gasteiger charge is -2.27. The fourth-order valence-electron chi connectivity index (χ4n) is 2.71. The van der Waals surface area contributed by atoms with Crippen molar-refractivity contribution in [2.75, 3.05) is 45.3 Å². The largest absolute Gasteiger partial charge is 0.497 e. The Kier molecular flexibility index (Phi) is 5.80. The van der Waals surface area contributed by atoms with Gasteiger partial charge in [0.05, 0.1) is 19.9 Å². The van der Waals surface area contributed by atoms with Crippen molar-refractivity contribution in [3.05, 3.63) is 18.2 Å². The fraction of sp³-hybridized carbons (Fsp3) is 0.611. The lowest BCUT2D eigenvalue weighted by molar-refractivity contribution is 0.0263. The summed E-state index contributed by atoms with van der Waals surface area (Å²) in [4.78, 5) is 16.3. The van der Waals surface area contributed by atoms with E-state index in [0.29, 0.717) is 13.1 Å². The van der Waals surface area contributed by atoms with E-state index >= 15 is 0 Å². The zero-order chi connectivity index (χ0) is 17.7. The van der Waals surface area contributed by atoms with Gasteiger partial charge < -0.3 is 24.0 Å². The van der Waals surface area contributed by atoms with Crippen molar-refractivity contribution in [1.82, 2.24) is 4.90 Å². The molecule has 1 heterocycles. The van der Waals surface area contributed by atoms with Crippen LogP contribution < -0.4 is 14.4 Å². The molecule has 0 aliphatic carbocycles. The third kappa shape index (κ3) is 4.69. The Morgan fingerprint density at radius 3 is 2.42 bits per heavy atom. The van der Waals surface area contributed by atoms with E-state index in [1.807, 2.05) is 39.0 Å². The molecule has 1 aromatic carbocycles. The summed E-state index contributed by atoms with van der Waals surface area (Å²) in [7, 11) is 3.29. The maximum atomic E-state index is 12.3. The summed E-state index contributed by atoms with van der Waals surface area (Å²) in [6.45, 7) is 8.59. The second-order valence-electron chi connectivity index (χ2n) is 6.85. The predicted molar refractivity (Wildman–Crippen MR) is 94.2 cm³/mol. The number of hydrogen-bond acceptors (Lipinski definition) is 5. The second kappa shape index (κ2) is 7.64. The number of anilines is 1. The number of methoxy groups -OCH3 is 2. The maximum Gasteiger partial charge on any atom is 0.410 e. The van der Waals surface area contributed by atoms with E-state index in [9.17, 15) is 4.79 Å². The first-order chi connectivity index (χ1) is 11.3. The third-order valence-corrected chi connectivity index (χ3v) is 3.88. The van der Waals surface area contributed by atoms with E-state index in [2.05, 4.69) is 4.90 Å². The van der Waals surface area contributed by atoms with Crippen LogP contribution in [0, 0.1) is 0 Å². The Balaban J connectivity index is 2.07. The second-order valence-corrected chi connectivity index (χ2v) is 6.85. The van der Waals surface area contributed by atoms with Crippen LogP contribution >= 0.6 is 0 Å². The van der Waals surface area contributed by atoms with Crippen LogP contribution in [0.1, 0.15) is 27.2 Å². The van der Waals surface area contributed by atoms with Crippen LogP contribution in [0.15, 0.2) is 18.2 Å². The van der Waals surface area contributed by atoms with Crippen LogP contribution in [0.2, 0.25) is 0 Å². The minimum Gasteiger partial charge on any atom is -0.497 e. The molecular formula is C18H28N2O4. The van der Waals surface area contributed by atoms with Gasteiger partial charge in [0, 0.05) is 32.2 Å². The molecule has 0 unspecified atom stereocenters. The summed E-state index contributed by atoms with van der Waals surface area (Å²) in [5.74, 6) is 1.54. The van der Waals surface area contributed by atoms with Crippen molar-refractivity contribution in [2.24, 2.45) is 0 Å². The topological polar surface area (TPSA) is 51.2 Å². The first-order valence-corrected chi connectivity index (χ1v) is 8.29. The van der Waals surface area contributed by atoms with Crippen LogP contribution in [0.5, 0.6) is 11.5 Å². The van der Waals surface area contributed by atoms with Crippen LogP contribution in [0.25, 0.3) is 0 Å². The van der Waals surface area contributed by atoms with Gasteiger partial charge in [0.1, 0.15) is 17.1 Å². The molecule has 1 saturated heterocycles. The first-order valence-electron chi connectivity index (χ1n) is 8.29. The number of hydrogen-bond donors (Lipinski definition) is 0. The van der Waals surface area contributed by atoms with E-state index < -0.39 is 5.60 Å². The van der Waals surface area contributed by atoms with Gasteiger partial charge in [-0.25, -0.2) is 4.79 Å². The van der Waals surface area contributed by atoms with Crippen molar-refractivity contribution < 1.29 is 19.0 Å². The van der Waals surface area contributed by atoms with Crippen LogP contribution in [-0.2, 0) is 4.74 Å². The molecule has 0 spiro atoms. The molecule has 0 radical (unpaired) electrons. The van der Waals surface area contributed by atoms with Crippen molar-refractivity contribution in [3.8, 4) is 11.5 Å². The van der Waals surface area contributed by atoms with Gasteiger partial charge in [-0.15, -0.1) is 0 Å². The van der Waals surface area contributed by atoms with E-state index in [4.69, 9.17) is 14.2 Å². The third-order valence-electron chi connectivity index (χ3n) is 3.88. The minimum atomic E-state index is -0.470. The summed E-state index contributed by atoms with van der Waals surface area (Å²) < 4.78 is 16.2. The summed E-state index contributed by atoms with van der Waals surface area (Å²) >= 11 is 0. The number of benzene rings is 1. The Morgan fingerprint density at radius 2 is 1.79 bits per heavy atom. The van der Waals surface area contributed by atoms with Crippen LogP contribution in [-0.4, -0.2) is 57.0 Å². The van der Waals surface area contributed by atoms with Crippen molar-refractivity contribution in [1.29, 1.82) is 0 Å². The molecule has 1 aliphatic rings. The first kappa shape index (κ1) is 18.2. The SMILES string of the molecule is COc1ccc(N2CCCN(C(=O)OC(C)(C)C)CC2)c(OC)c1. The van der Waals surface area contributed by atoms with Gasteiger partial charge in [0.25, 0.3) is 0 Å². The molecule has 2 rings (SSSR count). The Bertz CT molecular complexity index is 569. The van der Waals surface area contributed by atoms with Gasteiger partial charge in [-0.2, -0.15) is 0 Å². The lowest BCUT2D eigenvalue weighted by atomic mass is 10.2. The van der Waals surface area contributed by atoms with E-state index in [1.165, 1.54) is 0 Å². The Labute approximate surface area is 144 Å².